The highest BCUT2D eigenvalue weighted by atomic mass is 35.5. The van der Waals surface area contributed by atoms with E-state index in [1.807, 2.05) is 6.07 Å². The monoisotopic (exact) mass is 226 g/mol. The lowest BCUT2D eigenvalue weighted by molar-refractivity contribution is 0.214. The molecule has 82 valence electrons. The largest absolute Gasteiger partial charge is 0.394 e. The molecular weight excluding hydrogens is 212 g/mol. The summed E-state index contributed by atoms with van der Waals surface area (Å²) in [6.07, 6.45) is 5.97. The van der Waals surface area contributed by atoms with Gasteiger partial charge in [0.05, 0.1) is 17.2 Å². The van der Waals surface area contributed by atoms with Crippen molar-refractivity contribution in [3.05, 3.63) is 23.4 Å². The van der Waals surface area contributed by atoms with Gasteiger partial charge >= 0.3 is 0 Å². The standard InChI is InChI=1S/C11H15ClN2O/c12-9-3-4-10(13-7-9)14-11(8-15)5-1-2-6-11/h3-4,7,15H,1-2,5-6,8H2,(H,13,14). The van der Waals surface area contributed by atoms with Crippen LogP contribution in [0.15, 0.2) is 18.3 Å². The molecule has 4 heteroatoms. The molecule has 0 atom stereocenters. The maximum Gasteiger partial charge on any atom is 0.126 e. The summed E-state index contributed by atoms with van der Waals surface area (Å²) < 4.78 is 0. The third-order valence-electron chi connectivity index (χ3n) is 2.98. The molecule has 1 fully saturated rings. The molecule has 1 aliphatic carbocycles. The molecule has 15 heavy (non-hydrogen) atoms. The van der Waals surface area contributed by atoms with Gasteiger partial charge in [0.15, 0.2) is 0 Å². The Labute approximate surface area is 94.5 Å². The third kappa shape index (κ3) is 2.41. The van der Waals surface area contributed by atoms with Crippen LogP contribution in [0.25, 0.3) is 0 Å². The predicted octanol–water partition coefficient (Wildman–Crippen LogP) is 2.45. The van der Waals surface area contributed by atoms with Crippen LogP contribution >= 0.6 is 11.6 Å². The van der Waals surface area contributed by atoms with Crippen LogP contribution in [0.2, 0.25) is 5.02 Å². The lowest BCUT2D eigenvalue weighted by atomic mass is 9.99. The van der Waals surface area contributed by atoms with Crippen LogP contribution in [0.5, 0.6) is 0 Å². The molecule has 1 aromatic heterocycles. The normalized spacial score (nSPS) is 19.1. The number of hydrogen-bond acceptors (Lipinski definition) is 3. The van der Waals surface area contributed by atoms with Crippen molar-refractivity contribution in [2.24, 2.45) is 0 Å². The summed E-state index contributed by atoms with van der Waals surface area (Å²) in [5.74, 6) is 0.787. The van der Waals surface area contributed by atoms with Crippen molar-refractivity contribution in [1.82, 2.24) is 4.98 Å². The summed E-state index contributed by atoms with van der Waals surface area (Å²) >= 11 is 5.76. The first-order valence-electron chi connectivity index (χ1n) is 5.25. The van der Waals surface area contributed by atoms with E-state index in [4.69, 9.17) is 11.6 Å². The van der Waals surface area contributed by atoms with E-state index in [2.05, 4.69) is 10.3 Å². The van der Waals surface area contributed by atoms with Gasteiger partial charge in [-0.2, -0.15) is 0 Å². The SMILES string of the molecule is OCC1(Nc2ccc(Cl)cn2)CCCC1. The summed E-state index contributed by atoms with van der Waals surface area (Å²) in [5.41, 5.74) is -0.166. The highest BCUT2D eigenvalue weighted by molar-refractivity contribution is 6.30. The number of hydrogen-bond donors (Lipinski definition) is 2. The zero-order valence-electron chi connectivity index (χ0n) is 8.54. The summed E-state index contributed by atoms with van der Waals surface area (Å²) in [6.45, 7) is 0.164. The molecule has 2 N–H and O–H groups in total. The molecule has 2 rings (SSSR count). The second kappa shape index (κ2) is 4.37. The number of halogens is 1. The van der Waals surface area contributed by atoms with E-state index in [9.17, 15) is 5.11 Å². The van der Waals surface area contributed by atoms with Gasteiger partial charge in [-0.1, -0.05) is 24.4 Å². The van der Waals surface area contributed by atoms with Crippen LogP contribution in [0, 0.1) is 0 Å². The number of nitrogens with zero attached hydrogens (tertiary/aromatic N) is 1. The van der Waals surface area contributed by atoms with Crippen molar-refractivity contribution < 1.29 is 5.11 Å². The number of pyridine rings is 1. The van der Waals surface area contributed by atoms with Crippen molar-refractivity contribution >= 4 is 17.4 Å². The van der Waals surface area contributed by atoms with Crippen molar-refractivity contribution in [2.75, 3.05) is 11.9 Å². The minimum atomic E-state index is -0.166. The zero-order chi connectivity index (χ0) is 10.7. The molecule has 3 nitrogen and oxygen atoms in total. The number of aliphatic hydroxyl groups excluding tert-OH is 1. The Bertz CT molecular complexity index is 320. The Balaban J connectivity index is 2.09. The molecule has 0 saturated heterocycles. The Kier molecular flexibility index (Phi) is 3.12. The van der Waals surface area contributed by atoms with E-state index in [0.717, 1.165) is 18.7 Å². The molecule has 0 unspecified atom stereocenters. The third-order valence-corrected chi connectivity index (χ3v) is 3.21. The van der Waals surface area contributed by atoms with Crippen LogP contribution in [0.1, 0.15) is 25.7 Å². The first-order chi connectivity index (χ1) is 7.24. The molecule has 1 heterocycles. The maximum atomic E-state index is 9.42. The molecule has 0 radical (unpaired) electrons. The fourth-order valence-electron chi connectivity index (χ4n) is 2.10. The number of rotatable bonds is 3. The summed E-state index contributed by atoms with van der Waals surface area (Å²) in [4.78, 5) is 4.18. The van der Waals surface area contributed by atoms with Gasteiger partial charge in [-0.15, -0.1) is 0 Å². The fraction of sp³-hybridized carbons (Fsp3) is 0.545. The molecule has 1 aromatic rings. The van der Waals surface area contributed by atoms with Gasteiger partial charge in [-0.25, -0.2) is 4.98 Å². The molecule has 1 aliphatic rings. The van der Waals surface area contributed by atoms with E-state index in [0.29, 0.717) is 5.02 Å². The second-order valence-corrected chi connectivity index (χ2v) is 4.57. The van der Waals surface area contributed by atoms with Crippen LogP contribution in [-0.4, -0.2) is 22.2 Å². The number of aliphatic hydroxyl groups is 1. The lowest BCUT2D eigenvalue weighted by Gasteiger charge is -2.28. The number of nitrogens with one attached hydrogen (secondary N) is 1. The van der Waals surface area contributed by atoms with Crippen molar-refractivity contribution in [3.8, 4) is 0 Å². The molecule has 1 saturated carbocycles. The minimum Gasteiger partial charge on any atom is -0.394 e. The van der Waals surface area contributed by atoms with E-state index in [1.54, 1.807) is 12.3 Å². The summed E-state index contributed by atoms with van der Waals surface area (Å²) in [7, 11) is 0. The average Bonchev–Trinajstić information content (AvgIpc) is 2.71. The van der Waals surface area contributed by atoms with E-state index in [1.165, 1.54) is 12.8 Å². The molecule has 0 aromatic carbocycles. The van der Waals surface area contributed by atoms with E-state index >= 15 is 0 Å². The molecule has 0 aliphatic heterocycles. The van der Waals surface area contributed by atoms with Gasteiger partial charge in [0.2, 0.25) is 0 Å². The molecule has 0 amide bonds. The van der Waals surface area contributed by atoms with Crippen molar-refractivity contribution in [3.63, 3.8) is 0 Å². The quantitative estimate of drug-likeness (QED) is 0.832. The van der Waals surface area contributed by atoms with Crippen molar-refractivity contribution in [2.45, 2.75) is 31.2 Å². The predicted molar refractivity (Wildman–Crippen MR) is 61.2 cm³/mol. The van der Waals surface area contributed by atoms with Crippen LogP contribution < -0.4 is 5.32 Å². The summed E-state index contributed by atoms with van der Waals surface area (Å²) in [6, 6.07) is 3.65. The van der Waals surface area contributed by atoms with Crippen LogP contribution in [0.4, 0.5) is 5.82 Å². The Morgan fingerprint density at radius 2 is 2.13 bits per heavy atom. The maximum absolute atomic E-state index is 9.42. The molecule has 0 spiro atoms. The number of aromatic nitrogens is 1. The van der Waals surface area contributed by atoms with E-state index in [-0.39, 0.29) is 12.1 Å². The molecular formula is C11H15ClN2O. The van der Waals surface area contributed by atoms with E-state index < -0.39 is 0 Å². The van der Waals surface area contributed by atoms with Gasteiger partial charge < -0.3 is 10.4 Å². The Morgan fingerprint density at radius 1 is 1.40 bits per heavy atom. The highest BCUT2D eigenvalue weighted by Gasteiger charge is 2.33. The highest BCUT2D eigenvalue weighted by Crippen LogP contribution is 2.32. The zero-order valence-corrected chi connectivity index (χ0v) is 9.30. The number of anilines is 1. The van der Waals surface area contributed by atoms with Gasteiger partial charge in [0, 0.05) is 6.20 Å². The van der Waals surface area contributed by atoms with Gasteiger partial charge in [-0.3, -0.25) is 0 Å². The first-order valence-corrected chi connectivity index (χ1v) is 5.62. The van der Waals surface area contributed by atoms with Gasteiger partial charge in [0.1, 0.15) is 5.82 Å². The van der Waals surface area contributed by atoms with Crippen LogP contribution in [0.3, 0.4) is 0 Å². The van der Waals surface area contributed by atoms with Gasteiger partial charge in [0.25, 0.3) is 0 Å². The Hall–Kier alpha value is -0.800. The van der Waals surface area contributed by atoms with Crippen molar-refractivity contribution in [1.29, 1.82) is 0 Å². The fourth-order valence-corrected chi connectivity index (χ4v) is 2.21. The van der Waals surface area contributed by atoms with Crippen LogP contribution in [-0.2, 0) is 0 Å². The Morgan fingerprint density at radius 3 is 2.67 bits per heavy atom. The first kappa shape index (κ1) is 10.7. The smallest absolute Gasteiger partial charge is 0.126 e. The summed E-state index contributed by atoms with van der Waals surface area (Å²) in [5, 5.41) is 13.4. The topological polar surface area (TPSA) is 45.1 Å². The second-order valence-electron chi connectivity index (χ2n) is 4.13. The molecule has 0 bridgehead atoms. The average molecular weight is 227 g/mol. The lowest BCUT2D eigenvalue weighted by Crippen LogP contribution is -2.39. The van der Waals surface area contributed by atoms with Gasteiger partial charge in [-0.05, 0) is 25.0 Å². The minimum absolute atomic E-state index is 0.164.